The summed E-state index contributed by atoms with van der Waals surface area (Å²) in [5.74, 6) is 1.27. The average Bonchev–Trinajstić information content (AvgIpc) is 3.28. The van der Waals surface area contributed by atoms with Gasteiger partial charge in [0, 0.05) is 18.6 Å². The van der Waals surface area contributed by atoms with E-state index in [1.807, 2.05) is 0 Å². The van der Waals surface area contributed by atoms with Crippen LogP contribution in [0.15, 0.2) is 42.6 Å². The fourth-order valence-corrected chi connectivity index (χ4v) is 4.90. The fourth-order valence-electron chi connectivity index (χ4n) is 4.90. The van der Waals surface area contributed by atoms with Crippen LogP contribution in [0, 0.1) is 0 Å². The van der Waals surface area contributed by atoms with Crippen LogP contribution in [0.4, 0.5) is 13.2 Å². The highest BCUT2D eigenvalue weighted by Gasteiger charge is 2.39. The number of hydrogen-bond acceptors (Lipinski definition) is 0. The second kappa shape index (κ2) is 4.90. The zero-order valence-electron chi connectivity index (χ0n) is 13.9. The van der Waals surface area contributed by atoms with Crippen LogP contribution in [0.5, 0.6) is 0 Å². The molecule has 2 aromatic carbocycles. The highest BCUT2D eigenvalue weighted by Crippen LogP contribution is 2.56. The molecule has 0 aliphatic heterocycles. The SMILES string of the molecule is Cn1ccc2c(-c3ccc(C(F)(F)F)cc3)cc3c(c21)C1CCC3C1. The van der Waals surface area contributed by atoms with Gasteiger partial charge in [0.05, 0.1) is 11.1 Å². The molecule has 2 aliphatic carbocycles. The first-order valence-corrected chi connectivity index (χ1v) is 8.73. The summed E-state index contributed by atoms with van der Waals surface area (Å²) in [5.41, 5.74) is 5.47. The summed E-state index contributed by atoms with van der Waals surface area (Å²) in [6, 6.07) is 9.90. The van der Waals surface area contributed by atoms with Crippen LogP contribution in [0.3, 0.4) is 0 Å². The van der Waals surface area contributed by atoms with Crippen LogP contribution in [-0.4, -0.2) is 4.57 Å². The molecule has 2 aliphatic rings. The van der Waals surface area contributed by atoms with Crippen molar-refractivity contribution >= 4 is 10.9 Å². The summed E-state index contributed by atoms with van der Waals surface area (Å²) < 4.78 is 40.7. The maximum atomic E-state index is 12.9. The highest BCUT2D eigenvalue weighted by atomic mass is 19.4. The molecule has 2 unspecified atom stereocenters. The number of alkyl halides is 3. The first-order chi connectivity index (χ1) is 11.9. The van der Waals surface area contributed by atoms with E-state index in [0.29, 0.717) is 11.8 Å². The topological polar surface area (TPSA) is 4.93 Å². The number of nitrogens with zero attached hydrogens (tertiary/aromatic N) is 1. The second-order valence-electron chi connectivity index (χ2n) is 7.40. The predicted octanol–water partition coefficient (Wildman–Crippen LogP) is 6.23. The van der Waals surface area contributed by atoms with Crippen LogP contribution in [0.1, 0.15) is 47.8 Å². The molecule has 0 saturated heterocycles. The maximum absolute atomic E-state index is 12.9. The smallest absolute Gasteiger partial charge is 0.350 e. The molecule has 1 fully saturated rings. The van der Waals surface area contributed by atoms with Gasteiger partial charge in [-0.25, -0.2) is 0 Å². The summed E-state index contributed by atoms with van der Waals surface area (Å²) in [6.45, 7) is 0. The highest BCUT2D eigenvalue weighted by molar-refractivity contribution is 5.99. The molecular weight excluding hydrogens is 323 g/mol. The summed E-state index contributed by atoms with van der Waals surface area (Å²) in [6.07, 6.45) is 1.49. The molecule has 0 radical (unpaired) electrons. The Balaban J connectivity index is 1.73. The molecule has 4 heteroatoms. The zero-order valence-corrected chi connectivity index (χ0v) is 13.9. The Kier molecular flexibility index (Phi) is 2.95. The van der Waals surface area contributed by atoms with Gasteiger partial charge < -0.3 is 4.57 Å². The van der Waals surface area contributed by atoms with Crippen molar-refractivity contribution in [3.63, 3.8) is 0 Å². The molecule has 3 aromatic rings. The summed E-state index contributed by atoms with van der Waals surface area (Å²) in [7, 11) is 2.06. The molecule has 1 heterocycles. The summed E-state index contributed by atoms with van der Waals surface area (Å²) in [5, 5.41) is 1.15. The van der Waals surface area contributed by atoms with Gasteiger partial charge in [0.25, 0.3) is 0 Å². The Morgan fingerprint density at radius 1 is 1.00 bits per heavy atom. The predicted molar refractivity (Wildman–Crippen MR) is 92.7 cm³/mol. The molecule has 128 valence electrons. The van der Waals surface area contributed by atoms with E-state index in [1.54, 1.807) is 12.1 Å². The molecule has 0 amide bonds. The Bertz CT molecular complexity index is 979. The maximum Gasteiger partial charge on any atom is 0.416 e. The Morgan fingerprint density at radius 2 is 1.72 bits per heavy atom. The molecule has 2 bridgehead atoms. The Morgan fingerprint density at radius 3 is 2.44 bits per heavy atom. The molecule has 0 spiro atoms. The Hall–Kier alpha value is -2.23. The van der Waals surface area contributed by atoms with Gasteiger partial charge in [0.1, 0.15) is 0 Å². The minimum absolute atomic E-state index is 0.597. The van der Waals surface area contributed by atoms with Gasteiger partial charge in [0.2, 0.25) is 0 Å². The van der Waals surface area contributed by atoms with Crippen molar-refractivity contribution in [3.05, 3.63) is 59.3 Å². The van der Waals surface area contributed by atoms with Crippen molar-refractivity contribution in [1.82, 2.24) is 4.57 Å². The van der Waals surface area contributed by atoms with E-state index < -0.39 is 11.7 Å². The summed E-state index contributed by atoms with van der Waals surface area (Å²) in [4.78, 5) is 0. The third-order valence-corrected chi connectivity index (χ3v) is 6.03. The van der Waals surface area contributed by atoms with Crippen LogP contribution < -0.4 is 0 Å². The van der Waals surface area contributed by atoms with Crippen LogP contribution in [0.2, 0.25) is 0 Å². The largest absolute Gasteiger partial charge is 0.416 e. The fraction of sp³-hybridized carbons (Fsp3) is 0.333. The number of benzene rings is 2. The molecule has 1 aromatic heterocycles. The minimum atomic E-state index is -4.29. The molecule has 1 nitrogen and oxygen atoms in total. The van der Waals surface area contributed by atoms with Gasteiger partial charge in [-0.15, -0.1) is 0 Å². The van der Waals surface area contributed by atoms with Crippen molar-refractivity contribution in [3.8, 4) is 11.1 Å². The molecule has 25 heavy (non-hydrogen) atoms. The lowest BCUT2D eigenvalue weighted by atomic mass is 9.86. The molecule has 0 N–H and O–H groups in total. The van der Waals surface area contributed by atoms with Crippen LogP contribution in [-0.2, 0) is 13.2 Å². The van der Waals surface area contributed by atoms with Crippen molar-refractivity contribution < 1.29 is 13.2 Å². The number of fused-ring (bicyclic) bond motifs is 7. The molecule has 5 rings (SSSR count). The zero-order chi connectivity index (χ0) is 17.3. The van der Waals surface area contributed by atoms with E-state index in [-0.39, 0.29) is 0 Å². The van der Waals surface area contributed by atoms with Crippen molar-refractivity contribution in [2.24, 2.45) is 7.05 Å². The van der Waals surface area contributed by atoms with Gasteiger partial charge in [-0.3, -0.25) is 0 Å². The van der Waals surface area contributed by atoms with Gasteiger partial charge in [-0.2, -0.15) is 13.2 Å². The normalized spacial score (nSPS) is 21.9. The number of halogens is 3. The summed E-state index contributed by atoms with van der Waals surface area (Å²) >= 11 is 0. The quantitative estimate of drug-likeness (QED) is 0.494. The monoisotopic (exact) mass is 341 g/mol. The molecule has 2 atom stereocenters. The van der Waals surface area contributed by atoms with Crippen LogP contribution in [0.25, 0.3) is 22.0 Å². The first-order valence-electron chi connectivity index (χ1n) is 8.73. The van der Waals surface area contributed by atoms with E-state index in [2.05, 4.69) is 29.9 Å². The number of aryl methyl sites for hydroxylation is 1. The van der Waals surface area contributed by atoms with E-state index >= 15 is 0 Å². The molecular formula is C21H18F3N. The van der Waals surface area contributed by atoms with E-state index in [4.69, 9.17) is 0 Å². The first kappa shape index (κ1) is 15.1. The lowest BCUT2D eigenvalue weighted by molar-refractivity contribution is -0.137. The second-order valence-corrected chi connectivity index (χ2v) is 7.40. The van der Waals surface area contributed by atoms with Gasteiger partial charge in [-0.1, -0.05) is 12.1 Å². The van der Waals surface area contributed by atoms with Gasteiger partial charge in [-0.05, 0) is 77.6 Å². The van der Waals surface area contributed by atoms with Gasteiger partial charge >= 0.3 is 6.18 Å². The van der Waals surface area contributed by atoms with Crippen molar-refractivity contribution in [1.29, 1.82) is 0 Å². The van der Waals surface area contributed by atoms with E-state index in [9.17, 15) is 13.2 Å². The van der Waals surface area contributed by atoms with Crippen molar-refractivity contribution in [2.45, 2.75) is 37.3 Å². The average molecular weight is 341 g/mol. The number of aromatic nitrogens is 1. The number of hydrogen-bond donors (Lipinski definition) is 0. The molecule has 1 saturated carbocycles. The van der Waals surface area contributed by atoms with Gasteiger partial charge in [0.15, 0.2) is 0 Å². The Labute approximate surface area is 144 Å². The standard InChI is InChI=1S/C21H18F3N/c1-25-9-8-16-17(12-4-6-15(7-5-12)21(22,23)24)11-18-13-2-3-14(10-13)19(18)20(16)25/h4-9,11,13-14H,2-3,10H2,1H3. The number of rotatable bonds is 1. The minimum Gasteiger partial charge on any atom is -0.350 e. The lowest BCUT2D eigenvalue weighted by Crippen LogP contribution is -2.04. The third kappa shape index (κ3) is 2.09. The van der Waals surface area contributed by atoms with E-state index in [0.717, 1.165) is 16.5 Å². The third-order valence-electron chi connectivity index (χ3n) is 6.03. The van der Waals surface area contributed by atoms with Crippen molar-refractivity contribution in [2.75, 3.05) is 0 Å². The van der Waals surface area contributed by atoms with E-state index in [1.165, 1.54) is 48.0 Å². The van der Waals surface area contributed by atoms with Crippen LogP contribution >= 0.6 is 0 Å². The lowest BCUT2D eigenvalue weighted by Gasteiger charge is -2.20.